The summed E-state index contributed by atoms with van der Waals surface area (Å²) in [6, 6.07) is 10.5. The maximum Gasteiger partial charge on any atom is 0.310 e. The Bertz CT molecular complexity index is 1060. The lowest BCUT2D eigenvalue weighted by molar-refractivity contribution is -0.152. The number of hydrazone groups is 1. The summed E-state index contributed by atoms with van der Waals surface area (Å²) in [6.45, 7) is -0.558. The van der Waals surface area contributed by atoms with Crippen molar-refractivity contribution in [3.63, 3.8) is 0 Å². The first-order valence-electron chi connectivity index (χ1n) is 9.08. The van der Waals surface area contributed by atoms with E-state index in [1.165, 1.54) is 35.7 Å². The van der Waals surface area contributed by atoms with Crippen LogP contribution in [0.4, 0.5) is 4.39 Å². The molecule has 9 heteroatoms. The predicted octanol–water partition coefficient (Wildman–Crippen LogP) is 4.13. The van der Waals surface area contributed by atoms with Gasteiger partial charge in [0.2, 0.25) is 0 Å². The molecule has 154 valence electrons. The van der Waals surface area contributed by atoms with Gasteiger partial charge in [-0.05, 0) is 36.4 Å². The van der Waals surface area contributed by atoms with E-state index in [2.05, 4.69) is 5.10 Å². The zero-order valence-electron chi connectivity index (χ0n) is 15.6. The fourth-order valence-corrected chi connectivity index (χ4v) is 3.37. The maximum atomic E-state index is 13.8. The maximum absolute atomic E-state index is 13.8. The molecule has 30 heavy (non-hydrogen) atoms. The third kappa shape index (κ3) is 4.13. The Labute approximate surface area is 175 Å². The monoisotopic (exact) mass is 430 g/mol. The number of carbonyl (C=O) groups excluding carboxylic acids is 2. The zero-order valence-corrected chi connectivity index (χ0v) is 16.3. The van der Waals surface area contributed by atoms with Crippen LogP contribution in [0.25, 0.3) is 0 Å². The van der Waals surface area contributed by atoms with Gasteiger partial charge >= 0.3 is 5.97 Å². The first kappa shape index (κ1) is 19.9. The van der Waals surface area contributed by atoms with Crippen molar-refractivity contribution >= 4 is 29.2 Å². The Hall–Kier alpha value is -3.39. The molecule has 4 rings (SSSR count). The van der Waals surface area contributed by atoms with Crippen molar-refractivity contribution < 1.29 is 27.6 Å². The van der Waals surface area contributed by atoms with Gasteiger partial charge in [0, 0.05) is 17.0 Å². The van der Waals surface area contributed by atoms with Gasteiger partial charge in [-0.1, -0.05) is 17.7 Å². The SMILES string of the molecule is O=C(Cc1c(F)cccc1Cl)OCC(=O)N1N=C(c2ccco2)CC1c1ccco1. The van der Waals surface area contributed by atoms with Gasteiger partial charge in [0.05, 0.1) is 18.9 Å². The molecule has 0 aliphatic carbocycles. The number of hydrogen-bond donors (Lipinski definition) is 0. The van der Waals surface area contributed by atoms with E-state index in [0.717, 1.165) is 0 Å². The number of benzene rings is 1. The predicted molar refractivity (Wildman–Crippen MR) is 104 cm³/mol. The molecule has 0 spiro atoms. The van der Waals surface area contributed by atoms with Crippen LogP contribution in [0.5, 0.6) is 0 Å². The van der Waals surface area contributed by atoms with E-state index < -0.39 is 30.3 Å². The number of nitrogens with zero attached hydrogens (tertiary/aromatic N) is 2. The smallest absolute Gasteiger partial charge is 0.310 e. The summed E-state index contributed by atoms with van der Waals surface area (Å²) in [4.78, 5) is 24.8. The van der Waals surface area contributed by atoms with Crippen LogP contribution in [0.1, 0.15) is 29.5 Å². The topological polar surface area (TPSA) is 85.3 Å². The molecular weight excluding hydrogens is 415 g/mol. The van der Waals surface area contributed by atoms with Gasteiger partial charge in [0.25, 0.3) is 5.91 Å². The van der Waals surface area contributed by atoms with Gasteiger partial charge < -0.3 is 13.6 Å². The molecule has 0 bridgehead atoms. The van der Waals surface area contributed by atoms with Gasteiger partial charge in [-0.3, -0.25) is 9.59 Å². The van der Waals surface area contributed by atoms with Crippen molar-refractivity contribution in [1.29, 1.82) is 0 Å². The zero-order chi connectivity index (χ0) is 21.1. The number of furan rings is 2. The highest BCUT2D eigenvalue weighted by Crippen LogP contribution is 2.33. The number of amides is 1. The molecule has 2 aromatic heterocycles. The Morgan fingerprint density at radius 3 is 2.67 bits per heavy atom. The van der Waals surface area contributed by atoms with Crippen molar-refractivity contribution in [2.75, 3.05) is 6.61 Å². The second-order valence-corrected chi connectivity index (χ2v) is 6.94. The molecule has 0 saturated carbocycles. The summed E-state index contributed by atoms with van der Waals surface area (Å²) in [5.74, 6) is -0.868. The Balaban J connectivity index is 1.44. The highest BCUT2D eigenvalue weighted by Gasteiger charge is 2.36. The third-order valence-electron chi connectivity index (χ3n) is 4.58. The van der Waals surface area contributed by atoms with Crippen molar-refractivity contribution in [3.8, 4) is 0 Å². The minimum atomic E-state index is -0.778. The van der Waals surface area contributed by atoms with Gasteiger partial charge in [0.15, 0.2) is 6.61 Å². The average Bonchev–Trinajstić information content (AvgIpc) is 3.48. The largest absolute Gasteiger partial charge is 0.467 e. The summed E-state index contributed by atoms with van der Waals surface area (Å²) < 4.78 is 29.7. The van der Waals surface area contributed by atoms with Crippen LogP contribution < -0.4 is 0 Å². The highest BCUT2D eigenvalue weighted by molar-refractivity contribution is 6.31. The Kier molecular flexibility index (Phi) is 5.67. The van der Waals surface area contributed by atoms with Crippen molar-refractivity contribution in [2.24, 2.45) is 5.10 Å². The first-order chi connectivity index (χ1) is 14.5. The summed E-state index contributed by atoms with van der Waals surface area (Å²) in [6.07, 6.45) is 3.01. The number of hydrogen-bond acceptors (Lipinski definition) is 6. The molecule has 1 aromatic carbocycles. The minimum absolute atomic E-state index is 0.0179. The molecule has 3 aromatic rings. The lowest BCUT2D eigenvalue weighted by atomic mass is 10.1. The lowest BCUT2D eigenvalue weighted by Gasteiger charge is -2.19. The summed E-state index contributed by atoms with van der Waals surface area (Å²) >= 11 is 5.92. The molecule has 3 heterocycles. The van der Waals surface area contributed by atoms with E-state index in [-0.39, 0.29) is 17.0 Å². The van der Waals surface area contributed by atoms with Crippen molar-refractivity contribution in [1.82, 2.24) is 5.01 Å². The normalized spacial score (nSPS) is 15.9. The van der Waals surface area contributed by atoms with Gasteiger partial charge in [-0.2, -0.15) is 5.10 Å². The summed E-state index contributed by atoms with van der Waals surface area (Å²) in [5, 5.41) is 5.65. The van der Waals surface area contributed by atoms with Crippen LogP contribution in [0.3, 0.4) is 0 Å². The molecule has 1 aliphatic rings. The molecule has 1 atom stereocenters. The van der Waals surface area contributed by atoms with E-state index >= 15 is 0 Å². The quantitative estimate of drug-likeness (QED) is 0.549. The average molecular weight is 431 g/mol. The van der Waals surface area contributed by atoms with Crippen molar-refractivity contribution in [3.05, 3.63) is 82.9 Å². The summed E-state index contributed by atoms with van der Waals surface area (Å²) in [5.41, 5.74) is 0.587. The molecule has 0 N–H and O–H groups in total. The molecule has 1 amide bonds. The molecular formula is C21H16ClFN2O5. The molecule has 0 radical (unpaired) electrons. The molecule has 1 unspecified atom stereocenters. The number of esters is 1. The number of halogens is 2. The lowest BCUT2D eigenvalue weighted by Crippen LogP contribution is -2.31. The standard InChI is InChI=1S/C21H16ClFN2O5/c22-14-4-1-5-15(23)13(14)10-21(27)30-12-20(26)25-17(19-7-3-9-29-19)11-16(24-25)18-6-2-8-28-18/h1-9,17H,10-12H2. The minimum Gasteiger partial charge on any atom is -0.467 e. The highest BCUT2D eigenvalue weighted by atomic mass is 35.5. The van der Waals surface area contributed by atoms with Gasteiger partial charge in [-0.25, -0.2) is 9.40 Å². The van der Waals surface area contributed by atoms with E-state index in [1.54, 1.807) is 24.3 Å². The van der Waals surface area contributed by atoms with E-state index in [4.69, 9.17) is 25.2 Å². The van der Waals surface area contributed by atoms with Gasteiger partial charge in [0.1, 0.15) is 29.1 Å². The van der Waals surface area contributed by atoms with E-state index in [1.807, 2.05) is 0 Å². The Morgan fingerprint density at radius 1 is 1.17 bits per heavy atom. The molecule has 7 nitrogen and oxygen atoms in total. The van der Waals surface area contributed by atoms with Crippen LogP contribution in [0.2, 0.25) is 5.02 Å². The third-order valence-corrected chi connectivity index (χ3v) is 4.94. The number of carbonyl (C=O) groups is 2. The summed E-state index contributed by atoms with van der Waals surface area (Å²) in [7, 11) is 0. The van der Waals surface area contributed by atoms with Crippen LogP contribution in [0, 0.1) is 5.82 Å². The fraction of sp³-hybridized carbons (Fsp3) is 0.190. The van der Waals surface area contributed by atoms with Crippen LogP contribution in [-0.4, -0.2) is 29.2 Å². The number of rotatable bonds is 6. The second kappa shape index (κ2) is 8.54. The van der Waals surface area contributed by atoms with Crippen LogP contribution >= 0.6 is 11.6 Å². The second-order valence-electron chi connectivity index (χ2n) is 6.54. The fourth-order valence-electron chi connectivity index (χ4n) is 3.14. The molecule has 0 fully saturated rings. The number of ether oxygens (including phenoxy) is 1. The van der Waals surface area contributed by atoms with E-state index in [0.29, 0.717) is 23.7 Å². The Morgan fingerprint density at radius 2 is 1.97 bits per heavy atom. The van der Waals surface area contributed by atoms with Crippen LogP contribution in [-0.2, 0) is 20.7 Å². The van der Waals surface area contributed by atoms with Crippen LogP contribution in [0.15, 0.2) is 68.9 Å². The molecule has 1 aliphatic heterocycles. The molecule has 0 saturated heterocycles. The first-order valence-corrected chi connectivity index (χ1v) is 9.46. The van der Waals surface area contributed by atoms with Gasteiger partial charge in [-0.15, -0.1) is 0 Å². The van der Waals surface area contributed by atoms with Crippen molar-refractivity contribution in [2.45, 2.75) is 18.9 Å². The van der Waals surface area contributed by atoms with E-state index in [9.17, 15) is 14.0 Å².